The van der Waals surface area contributed by atoms with Gasteiger partial charge in [-0.2, -0.15) is 13.2 Å². The minimum absolute atomic E-state index is 0.0515. The summed E-state index contributed by atoms with van der Waals surface area (Å²) in [6, 6.07) is 11.5. The largest absolute Gasteiger partial charge is 0.451 e. The number of alkyl halides is 3. The van der Waals surface area contributed by atoms with Gasteiger partial charge in [0.15, 0.2) is 5.76 Å². The van der Waals surface area contributed by atoms with Crippen molar-refractivity contribution < 1.29 is 27.2 Å². The third-order valence-electron chi connectivity index (χ3n) is 3.98. The standard InChI is InChI=1S/C19H15F3N2O3/c1-11-14-7-2-3-8-15(14)27-17(11)18(26)24-23-16(25)10-12-5-4-6-13(9-12)19(20,21)22/h2-9H,10H2,1H3,(H,23,25)(H,24,26). The molecule has 1 heterocycles. The van der Waals surface area contributed by atoms with E-state index in [4.69, 9.17) is 4.42 Å². The molecule has 3 rings (SSSR count). The fraction of sp³-hybridized carbons (Fsp3) is 0.158. The number of amides is 2. The molecule has 3 aromatic rings. The Bertz CT molecular complexity index is 1010. The second kappa shape index (κ2) is 7.14. The average molecular weight is 376 g/mol. The van der Waals surface area contributed by atoms with Crippen LogP contribution in [-0.4, -0.2) is 11.8 Å². The summed E-state index contributed by atoms with van der Waals surface area (Å²) in [5.74, 6) is -1.26. The van der Waals surface area contributed by atoms with E-state index in [1.165, 1.54) is 12.1 Å². The van der Waals surface area contributed by atoms with Gasteiger partial charge >= 0.3 is 12.1 Å². The van der Waals surface area contributed by atoms with Crippen LogP contribution < -0.4 is 10.9 Å². The topological polar surface area (TPSA) is 71.3 Å². The van der Waals surface area contributed by atoms with Crippen molar-refractivity contribution in [2.24, 2.45) is 0 Å². The third kappa shape index (κ3) is 4.11. The van der Waals surface area contributed by atoms with Crippen molar-refractivity contribution in [1.29, 1.82) is 0 Å². The zero-order valence-electron chi connectivity index (χ0n) is 14.2. The van der Waals surface area contributed by atoms with E-state index in [1.807, 2.05) is 6.07 Å². The molecule has 0 atom stereocenters. The fourth-order valence-corrected chi connectivity index (χ4v) is 2.66. The quantitative estimate of drug-likeness (QED) is 0.684. The molecule has 0 fully saturated rings. The van der Waals surface area contributed by atoms with Crippen LogP contribution >= 0.6 is 0 Å². The van der Waals surface area contributed by atoms with E-state index >= 15 is 0 Å². The summed E-state index contributed by atoms with van der Waals surface area (Å²) < 4.78 is 43.6. The van der Waals surface area contributed by atoms with E-state index in [-0.39, 0.29) is 17.7 Å². The number of para-hydroxylation sites is 1. The predicted octanol–water partition coefficient (Wildman–Crippen LogP) is 3.76. The summed E-state index contributed by atoms with van der Waals surface area (Å²) in [5, 5.41) is 0.776. The lowest BCUT2D eigenvalue weighted by atomic mass is 10.1. The molecule has 27 heavy (non-hydrogen) atoms. The van der Waals surface area contributed by atoms with Crippen molar-refractivity contribution >= 4 is 22.8 Å². The highest BCUT2D eigenvalue weighted by Crippen LogP contribution is 2.29. The van der Waals surface area contributed by atoms with Crippen LogP contribution in [-0.2, 0) is 17.4 Å². The third-order valence-corrected chi connectivity index (χ3v) is 3.98. The maximum Gasteiger partial charge on any atom is 0.416 e. The molecule has 2 aromatic carbocycles. The number of hydrogen-bond acceptors (Lipinski definition) is 3. The van der Waals surface area contributed by atoms with Crippen LogP contribution in [0.3, 0.4) is 0 Å². The first-order chi connectivity index (χ1) is 12.8. The smallest absolute Gasteiger partial charge is 0.416 e. The lowest BCUT2D eigenvalue weighted by molar-refractivity contribution is -0.137. The van der Waals surface area contributed by atoms with Crippen molar-refractivity contribution in [3.05, 3.63) is 71.0 Å². The molecule has 2 N–H and O–H groups in total. The summed E-state index contributed by atoms with van der Waals surface area (Å²) >= 11 is 0. The molecule has 0 aliphatic rings. The molecule has 1 aromatic heterocycles. The van der Waals surface area contributed by atoms with Gasteiger partial charge in [-0.3, -0.25) is 20.4 Å². The van der Waals surface area contributed by atoms with Gasteiger partial charge in [0, 0.05) is 10.9 Å². The second-order valence-electron chi connectivity index (χ2n) is 5.93. The Hall–Kier alpha value is -3.29. The van der Waals surface area contributed by atoms with Gasteiger partial charge in [0.05, 0.1) is 12.0 Å². The zero-order valence-corrected chi connectivity index (χ0v) is 14.2. The molecule has 0 bridgehead atoms. The fourth-order valence-electron chi connectivity index (χ4n) is 2.66. The molecule has 0 aliphatic carbocycles. The van der Waals surface area contributed by atoms with Gasteiger partial charge in [-0.25, -0.2) is 0 Å². The number of furan rings is 1. The van der Waals surface area contributed by atoms with E-state index < -0.39 is 23.6 Å². The molecule has 0 radical (unpaired) electrons. The van der Waals surface area contributed by atoms with E-state index in [2.05, 4.69) is 10.9 Å². The van der Waals surface area contributed by atoms with Crippen molar-refractivity contribution in [3.63, 3.8) is 0 Å². The molecule has 140 valence electrons. The number of carbonyl (C=O) groups excluding carboxylic acids is 2. The Kier molecular flexibility index (Phi) is 4.89. The molecule has 0 saturated carbocycles. The lowest BCUT2D eigenvalue weighted by Gasteiger charge is -2.09. The predicted molar refractivity (Wildman–Crippen MR) is 91.7 cm³/mol. The molecule has 8 heteroatoms. The molecular weight excluding hydrogens is 361 g/mol. The van der Waals surface area contributed by atoms with E-state index in [9.17, 15) is 22.8 Å². The van der Waals surface area contributed by atoms with Gasteiger partial charge in [0.2, 0.25) is 5.91 Å². The van der Waals surface area contributed by atoms with E-state index in [1.54, 1.807) is 25.1 Å². The lowest BCUT2D eigenvalue weighted by Crippen LogP contribution is -2.42. The van der Waals surface area contributed by atoms with Crippen LogP contribution in [0.15, 0.2) is 52.9 Å². The highest BCUT2D eigenvalue weighted by molar-refractivity contribution is 5.99. The van der Waals surface area contributed by atoms with Crippen LogP contribution in [0.25, 0.3) is 11.0 Å². The number of aryl methyl sites for hydroxylation is 1. The van der Waals surface area contributed by atoms with Crippen molar-refractivity contribution in [2.75, 3.05) is 0 Å². The van der Waals surface area contributed by atoms with Crippen molar-refractivity contribution in [1.82, 2.24) is 10.9 Å². The normalized spacial score (nSPS) is 11.4. The number of halogens is 3. The summed E-state index contributed by atoms with van der Waals surface area (Å²) in [6.45, 7) is 1.71. The number of benzene rings is 2. The van der Waals surface area contributed by atoms with Gasteiger partial charge in [0.1, 0.15) is 5.58 Å². The highest BCUT2D eigenvalue weighted by Gasteiger charge is 2.30. The van der Waals surface area contributed by atoms with Gasteiger partial charge < -0.3 is 4.42 Å². The first kappa shape index (κ1) is 18.5. The van der Waals surface area contributed by atoms with Crippen LogP contribution in [0.1, 0.15) is 27.2 Å². The number of hydrogen-bond donors (Lipinski definition) is 2. The number of carbonyl (C=O) groups is 2. The molecule has 0 spiro atoms. The molecule has 0 saturated heterocycles. The van der Waals surface area contributed by atoms with E-state index in [0.717, 1.165) is 17.5 Å². The molecule has 2 amide bonds. The molecular formula is C19H15F3N2O3. The summed E-state index contributed by atoms with van der Waals surface area (Å²) in [6.07, 6.45) is -4.80. The molecule has 0 unspecified atom stereocenters. The summed E-state index contributed by atoms with van der Waals surface area (Å²) in [5.41, 5.74) is 4.89. The Morgan fingerprint density at radius 2 is 1.78 bits per heavy atom. The first-order valence-electron chi connectivity index (χ1n) is 7.99. The minimum atomic E-state index is -4.49. The Morgan fingerprint density at radius 3 is 2.48 bits per heavy atom. The Balaban J connectivity index is 1.63. The van der Waals surface area contributed by atoms with Crippen molar-refractivity contribution in [3.8, 4) is 0 Å². The molecule has 0 aliphatic heterocycles. The van der Waals surface area contributed by atoms with Crippen LogP contribution in [0, 0.1) is 6.92 Å². The second-order valence-corrected chi connectivity index (χ2v) is 5.93. The first-order valence-corrected chi connectivity index (χ1v) is 7.99. The maximum absolute atomic E-state index is 12.7. The van der Waals surface area contributed by atoms with Crippen LogP contribution in [0.4, 0.5) is 13.2 Å². The van der Waals surface area contributed by atoms with Crippen LogP contribution in [0.2, 0.25) is 0 Å². The number of fused-ring (bicyclic) bond motifs is 1. The van der Waals surface area contributed by atoms with E-state index in [0.29, 0.717) is 11.1 Å². The maximum atomic E-state index is 12.7. The van der Waals surface area contributed by atoms with Gasteiger partial charge in [0.25, 0.3) is 0 Å². The minimum Gasteiger partial charge on any atom is -0.451 e. The van der Waals surface area contributed by atoms with Gasteiger partial charge in [-0.15, -0.1) is 0 Å². The zero-order chi connectivity index (χ0) is 19.6. The Labute approximate surface area is 152 Å². The number of hydrazine groups is 1. The molecule has 5 nitrogen and oxygen atoms in total. The highest BCUT2D eigenvalue weighted by atomic mass is 19.4. The van der Waals surface area contributed by atoms with Crippen molar-refractivity contribution in [2.45, 2.75) is 19.5 Å². The summed E-state index contributed by atoms with van der Waals surface area (Å²) in [4.78, 5) is 24.1. The SMILES string of the molecule is Cc1c(C(=O)NNC(=O)Cc2cccc(C(F)(F)F)c2)oc2ccccc12. The monoisotopic (exact) mass is 376 g/mol. The Morgan fingerprint density at radius 1 is 1.04 bits per heavy atom. The van der Waals surface area contributed by atoms with Crippen LogP contribution in [0.5, 0.6) is 0 Å². The van der Waals surface area contributed by atoms with Gasteiger partial charge in [-0.05, 0) is 24.6 Å². The summed E-state index contributed by atoms with van der Waals surface area (Å²) in [7, 11) is 0. The number of nitrogens with one attached hydrogen (secondary N) is 2. The average Bonchev–Trinajstić information content (AvgIpc) is 2.96. The number of rotatable bonds is 3. The van der Waals surface area contributed by atoms with Gasteiger partial charge in [-0.1, -0.05) is 36.4 Å².